The molecule has 1 amide bonds. The molecule has 6 nitrogen and oxygen atoms in total. The Bertz CT molecular complexity index is 1110. The van der Waals surface area contributed by atoms with Gasteiger partial charge < -0.3 is 9.64 Å². The number of hydrogen-bond donors (Lipinski definition) is 0. The molecule has 0 aliphatic carbocycles. The SMILES string of the molecule is Cc1cccc(C(=O)N2CCC3(CC2)Oc2ccccc2-c2c3cnn2C(C)C)n1. The fourth-order valence-corrected chi connectivity index (χ4v) is 4.64. The highest BCUT2D eigenvalue weighted by Gasteiger charge is 2.46. The number of fused-ring (bicyclic) bond motifs is 4. The van der Waals surface area contributed by atoms with Crippen molar-refractivity contribution in [2.75, 3.05) is 13.1 Å². The van der Waals surface area contributed by atoms with Gasteiger partial charge in [-0.25, -0.2) is 4.98 Å². The van der Waals surface area contributed by atoms with Crippen molar-refractivity contribution in [1.82, 2.24) is 19.7 Å². The van der Waals surface area contributed by atoms with Gasteiger partial charge in [0, 0.05) is 48.8 Å². The Hall–Kier alpha value is -3.15. The van der Waals surface area contributed by atoms with Crippen molar-refractivity contribution in [3.63, 3.8) is 0 Å². The Morgan fingerprint density at radius 3 is 2.60 bits per heavy atom. The van der Waals surface area contributed by atoms with E-state index in [-0.39, 0.29) is 11.9 Å². The summed E-state index contributed by atoms with van der Waals surface area (Å²) in [7, 11) is 0. The maximum atomic E-state index is 13.0. The van der Waals surface area contributed by atoms with Crippen LogP contribution in [0.1, 0.15) is 54.5 Å². The van der Waals surface area contributed by atoms with Crippen LogP contribution in [0.2, 0.25) is 0 Å². The third-order valence-corrected chi connectivity index (χ3v) is 6.19. The van der Waals surface area contributed by atoms with E-state index in [4.69, 9.17) is 9.84 Å². The van der Waals surface area contributed by atoms with Crippen LogP contribution in [0.15, 0.2) is 48.7 Å². The standard InChI is InChI=1S/C24H26N4O2/c1-16(2)28-22-18-8-4-5-10-21(18)30-24(19(22)15-25-28)11-13-27(14-12-24)23(29)20-9-6-7-17(3)26-20/h4-10,15-16H,11-14H2,1-3H3. The van der Waals surface area contributed by atoms with E-state index in [1.165, 1.54) is 0 Å². The zero-order chi connectivity index (χ0) is 20.9. The van der Waals surface area contributed by atoms with Crippen LogP contribution in [-0.4, -0.2) is 38.7 Å². The number of nitrogens with zero attached hydrogens (tertiary/aromatic N) is 4. The van der Waals surface area contributed by atoms with E-state index in [9.17, 15) is 4.79 Å². The van der Waals surface area contributed by atoms with Crippen molar-refractivity contribution in [2.45, 2.75) is 45.3 Å². The largest absolute Gasteiger partial charge is 0.482 e. The number of hydrogen-bond acceptors (Lipinski definition) is 4. The first kappa shape index (κ1) is 18.9. The molecule has 1 fully saturated rings. The van der Waals surface area contributed by atoms with Gasteiger partial charge in [-0.1, -0.05) is 18.2 Å². The summed E-state index contributed by atoms with van der Waals surface area (Å²) in [6.07, 6.45) is 3.43. The molecule has 154 valence electrons. The Balaban J connectivity index is 1.47. The van der Waals surface area contributed by atoms with Crippen molar-refractivity contribution in [3.05, 3.63) is 65.6 Å². The molecule has 0 N–H and O–H groups in total. The van der Waals surface area contributed by atoms with Gasteiger partial charge in [0.05, 0.1) is 11.9 Å². The lowest BCUT2D eigenvalue weighted by Gasteiger charge is -2.44. The second-order valence-corrected chi connectivity index (χ2v) is 8.49. The number of likely N-dealkylation sites (tertiary alicyclic amines) is 1. The van der Waals surface area contributed by atoms with Gasteiger partial charge in [0.15, 0.2) is 0 Å². The van der Waals surface area contributed by atoms with Crippen molar-refractivity contribution >= 4 is 5.91 Å². The number of amides is 1. The summed E-state index contributed by atoms with van der Waals surface area (Å²) in [5.41, 5.74) is 4.28. The van der Waals surface area contributed by atoms with Crippen molar-refractivity contribution < 1.29 is 9.53 Å². The van der Waals surface area contributed by atoms with E-state index in [1.807, 2.05) is 48.4 Å². The summed E-state index contributed by atoms with van der Waals surface area (Å²) in [5, 5.41) is 4.70. The first-order valence-electron chi connectivity index (χ1n) is 10.6. The molecule has 1 saturated heterocycles. The molecule has 3 aromatic rings. The summed E-state index contributed by atoms with van der Waals surface area (Å²) in [6.45, 7) is 7.46. The number of aromatic nitrogens is 3. The Morgan fingerprint density at radius 2 is 1.87 bits per heavy atom. The molecule has 30 heavy (non-hydrogen) atoms. The molecule has 0 bridgehead atoms. The average Bonchev–Trinajstić information content (AvgIpc) is 3.21. The Morgan fingerprint density at radius 1 is 1.10 bits per heavy atom. The fraction of sp³-hybridized carbons (Fsp3) is 0.375. The summed E-state index contributed by atoms with van der Waals surface area (Å²) in [5.74, 6) is 0.885. The van der Waals surface area contributed by atoms with Crippen molar-refractivity contribution in [3.8, 4) is 17.0 Å². The summed E-state index contributed by atoms with van der Waals surface area (Å²) in [4.78, 5) is 19.3. The molecule has 1 spiro atoms. The van der Waals surface area contributed by atoms with Crippen LogP contribution in [0.5, 0.6) is 5.75 Å². The molecule has 6 heteroatoms. The monoisotopic (exact) mass is 402 g/mol. The zero-order valence-corrected chi connectivity index (χ0v) is 17.6. The van der Waals surface area contributed by atoms with E-state index in [0.29, 0.717) is 18.8 Å². The number of ether oxygens (including phenoxy) is 1. The van der Waals surface area contributed by atoms with Crippen molar-refractivity contribution in [2.24, 2.45) is 0 Å². The molecule has 0 saturated carbocycles. The molecule has 2 aromatic heterocycles. The Kier molecular flexibility index (Phi) is 4.38. The number of carbonyl (C=O) groups is 1. The fourth-order valence-electron chi connectivity index (χ4n) is 4.64. The molecule has 0 atom stereocenters. The zero-order valence-electron chi connectivity index (χ0n) is 17.6. The molecular weight excluding hydrogens is 376 g/mol. The quantitative estimate of drug-likeness (QED) is 0.639. The van der Waals surface area contributed by atoms with E-state index in [0.717, 1.165) is 41.1 Å². The minimum absolute atomic E-state index is 0.0112. The number of para-hydroxylation sites is 1. The predicted molar refractivity (Wildman–Crippen MR) is 114 cm³/mol. The van der Waals surface area contributed by atoms with Gasteiger partial charge in [0.1, 0.15) is 17.0 Å². The van der Waals surface area contributed by atoms with Gasteiger partial charge in [0.25, 0.3) is 5.91 Å². The van der Waals surface area contributed by atoms with Crippen LogP contribution < -0.4 is 4.74 Å². The number of benzene rings is 1. The second-order valence-electron chi connectivity index (χ2n) is 8.49. The van der Waals surface area contributed by atoms with Gasteiger partial charge in [-0.15, -0.1) is 0 Å². The van der Waals surface area contributed by atoms with Crippen LogP contribution in [0, 0.1) is 6.92 Å². The highest BCUT2D eigenvalue weighted by Crippen LogP contribution is 2.50. The smallest absolute Gasteiger partial charge is 0.272 e. The molecule has 0 radical (unpaired) electrons. The molecule has 1 aromatic carbocycles. The van der Waals surface area contributed by atoms with Crippen LogP contribution in [0.4, 0.5) is 0 Å². The third-order valence-electron chi connectivity index (χ3n) is 6.19. The van der Waals surface area contributed by atoms with Gasteiger partial charge in [-0.2, -0.15) is 5.10 Å². The van der Waals surface area contributed by atoms with Gasteiger partial charge in [0.2, 0.25) is 0 Å². The summed E-state index contributed by atoms with van der Waals surface area (Å²) >= 11 is 0. The highest BCUT2D eigenvalue weighted by molar-refractivity contribution is 5.92. The number of carbonyl (C=O) groups excluding carboxylic acids is 1. The molecule has 0 unspecified atom stereocenters. The number of aryl methyl sites for hydroxylation is 1. The van der Waals surface area contributed by atoms with E-state index < -0.39 is 5.60 Å². The maximum absolute atomic E-state index is 13.0. The number of piperidine rings is 1. The molecule has 4 heterocycles. The first-order valence-corrected chi connectivity index (χ1v) is 10.6. The van der Waals surface area contributed by atoms with E-state index in [1.54, 1.807) is 6.07 Å². The highest BCUT2D eigenvalue weighted by atomic mass is 16.5. The summed E-state index contributed by atoms with van der Waals surface area (Å²) in [6, 6.07) is 14.0. The van der Waals surface area contributed by atoms with Gasteiger partial charge in [-0.3, -0.25) is 9.48 Å². The Labute approximate surface area is 176 Å². The lowest BCUT2D eigenvalue weighted by atomic mass is 9.81. The van der Waals surface area contributed by atoms with Gasteiger partial charge >= 0.3 is 0 Å². The lowest BCUT2D eigenvalue weighted by Crippen LogP contribution is -2.49. The summed E-state index contributed by atoms with van der Waals surface area (Å²) < 4.78 is 8.72. The van der Waals surface area contributed by atoms with E-state index in [2.05, 4.69) is 29.6 Å². The minimum atomic E-state index is -0.451. The molecular formula is C24H26N4O2. The number of pyridine rings is 1. The van der Waals surface area contributed by atoms with Crippen LogP contribution in [-0.2, 0) is 5.60 Å². The second kappa shape index (κ2) is 6.97. The third kappa shape index (κ3) is 2.90. The molecule has 2 aliphatic rings. The average molecular weight is 402 g/mol. The predicted octanol–water partition coefficient (Wildman–Crippen LogP) is 4.36. The normalized spacial score (nSPS) is 16.9. The number of rotatable bonds is 2. The molecule has 2 aliphatic heterocycles. The topological polar surface area (TPSA) is 60.3 Å². The minimum Gasteiger partial charge on any atom is -0.482 e. The van der Waals surface area contributed by atoms with Crippen LogP contribution in [0.25, 0.3) is 11.3 Å². The first-order chi connectivity index (χ1) is 14.5. The lowest BCUT2D eigenvalue weighted by molar-refractivity contribution is -0.00195. The van der Waals surface area contributed by atoms with Gasteiger partial charge in [-0.05, 0) is 45.0 Å². The van der Waals surface area contributed by atoms with Crippen LogP contribution in [0.3, 0.4) is 0 Å². The van der Waals surface area contributed by atoms with Crippen LogP contribution >= 0.6 is 0 Å². The van der Waals surface area contributed by atoms with Crippen molar-refractivity contribution in [1.29, 1.82) is 0 Å². The maximum Gasteiger partial charge on any atom is 0.272 e. The van der Waals surface area contributed by atoms with E-state index >= 15 is 0 Å². The molecule has 5 rings (SSSR count).